The fourth-order valence-corrected chi connectivity index (χ4v) is 0.912. The number of aliphatic hydroxyl groups is 1. The number of carbonyl (C=O) groups is 2. The lowest BCUT2D eigenvalue weighted by atomic mass is 10.1. The molecule has 2 amide bonds. The van der Waals surface area contributed by atoms with Crippen molar-refractivity contribution in [2.24, 2.45) is 11.7 Å². The van der Waals surface area contributed by atoms with E-state index in [0.29, 0.717) is 0 Å². The summed E-state index contributed by atoms with van der Waals surface area (Å²) >= 11 is 0. The average molecular weight is 231 g/mol. The molecule has 5 N–H and O–H groups in total. The highest BCUT2D eigenvalue weighted by Gasteiger charge is 2.17. The second-order valence-electron chi connectivity index (χ2n) is 4.14. The zero-order chi connectivity index (χ0) is 12.7. The minimum absolute atomic E-state index is 0.0283. The molecule has 0 aliphatic rings. The number of hydrogen-bond donors (Lipinski definition) is 4. The van der Waals surface area contributed by atoms with Crippen molar-refractivity contribution in [1.82, 2.24) is 10.6 Å². The first-order valence-corrected chi connectivity index (χ1v) is 5.32. The van der Waals surface area contributed by atoms with E-state index in [2.05, 4.69) is 10.6 Å². The minimum Gasteiger partial charge on any atom is -0.392 e. The van der Waals surface area contributed by atoms with Crippen molar-refractivity contribution in [3.8, 4) is 0 Å². The van der Waals surface area contributed by atoms with Crippen LogP contribution in [0.1, 0.15) is 20.8 Å². The minimum atomic E-state index is -0.607. The molecule has 0 saturated carbocycles. The highest BCUT2D eigenvalue weighted by Crippen LogP contribution is 1.97. The lowest BCUT2D eigenvalue weighted by molar-refractivity contribution is -0.127. The molecule has 0 aromatic heterocycles. The summed E-state index contributed by atoms with van der Waals surface area (Å²) in [5, 5.41) is 13.8. The Bertz CT molecular complexity index is 241. The molecule has 94 valence electrons. The Labute approximate surface area is 95.6 Å². The smallest absolute Gasteiger partial charge is 0.239 e. The maximum absolute atomic E-state index is 11.4. The Hall–Kier alpha value is -1.14. The van der Waals surface area contributed by atoms with Gasteiger partial charge in [0.1, 0.15) is 0 Å². The first-order chi connectivity index (χ1) is 7.34. The molecule has 0 spiro atoms. The number of rotatable bonds is 6. The molecular weight excluding hydrogens is 210 g/mol. The molecule has 0 radical (unpaired) electrons. The second kappa shape index (κ2) is 7.19. The van der Waals surface area contributed by atoms with Gasteiger partial charge in [0.05, 0.1) is 18.7 Å². The first-order valence-electron chi connectivity index (χ1n) is 5.32. The summed E-state index contributed by atoms with van der Waals surface area (Å²) in [5.74, 6) is -0.659. The molecule has 0 aliphatic heterocycles. The van der Waals surface area contributed by atoms with E-state index in [-0.39, 0.29) is 30.8 Å². The van der Waals surface area contributed by atoms with Gasteiger partial charge in [-0.1, -0.05) is 13.8 Å². The van der Waals surface area contributed by atoms with Crippen LogP contribution in [-0.2, 0) is 9.59 Å². The summed E-state index contributed by atoms with van der Waals surface area (Å²) in [7, 11) is 0. The third kappa shape index (κ3) is 6.36. The molecule has 0 bridgehead atoms. The number of amides is 2. The van der Waals surface area contributed by atoms with Crippen molar-refractivity contribution < 1.29 is 14.7 Å². The quantitative estimate of drug-likeness (QED) is 0.450. The maximum atomic E-state index is 11.4. The fraction of sp³-hybridized carbons (Fsp3) is 0.800. The molecule has 0 heterocycles. The molecule has 0 unspecified atom stereocenters. The van der Waals surface area contributed by atoms with Gasteiger partial charge in [-0.2, -0.15) is 0 Å². The summed E-state index contributed by atoms with van der Waals surface area (Å²) in [6.07, 6.45) is -0.599. The van der Waals surface area contributed by atoms with E-state index in [1.54, 1.807) is 6.92 Å². The maximum Gasteiger partial charge on any atom is 0.239 e. The molecule has 0 aromatic rings. The highest BCUT2D eigenvalue weighted by atomic mass is 16.3. The SMILES string of the molecule is CC(C)[C@H](N)C(=O)NCC(=O)NC[C@H](C)O. The molecular formula is C10H21N3O3. The molecule has 2 atom stereocenters. The molecule has 16 heavy (non-hydrogen) atoms. The zero-order valence-corrected chi connectivity index (χ0v) is 9.99. The van der Waals surface area contributed by atoms with Gasteiger partial charge in [0, 0.05) is 6.54 Å². The van der Waals surface area contributed by atoms with Crippen molar-refractivity contribution >= 4 is 11.8 Å². The van der Waals surface area contributed by atoms with E-state index in [1.165, 1.54) is 0 Å². The molecule has 0 aliphatic carbocycles. The zero-order valence-electron chi connectivity index (χ0n) is 9.99. The van der Waals surface area contributed by atoms with Gasteiger partial charge in [0.25, 0.3) is 0 Å². The van der Waals surface area contributed by atoms with Gasteiger partial charge in [0.2, 0.25) is 11.8 Å². The van der Waals surface area contributed by atoms with Gasteiger partial charge in [-0.3, -0.25) is 9.59 Å². The predicted molar refractivity (Wildman–Crippen MR) is 60.5 cm³/mol. The third-order valence-corrected chi connectivity index (χ3v) is 2.04. The monoisotopic (exact) mass is 231 g/mol. The highest BCUT2D eigenvalue weighted by molar-refractivity contribution is 5.87. The largest absolute Gasteiger partial charge is 0.392 e. The lowest BCUT2D eigenvalue weighted by Gasteiger charge is -2.15. The van der Waals surface area contributed by atoms with Crippen LogP contribution >= 0.6 is 0 Å². The van der Waals surface area contributed by atoms with E-state index in [9.17, 15) is 9.59 Å². The fourth-order valence-electron chi connectivity index (χ4n) is 0.912. The summed E-state index contributed by atoms with van der Waals surface area (Å²) in [6.45, 7) is 5.28. The Morgan fingerprint density at radius 3 is 2.25 bits per heavy atom. The van der Waals surface area contributed by atoms with Gasteiger partial charge < -0.3 is 21.5 Å². The molecule has 6 heteroatoms. The van der Waals surface area contributed by atoms with Crippen molar-refractivity contribution in [3.05, 3.63) is 0 Å². The van der Waals surface area contributed by atoms with Crippen LogP contribution in [0.15, 0.2) is 0 Å². The standard InChI is InChI=1S/C10H21N3O3/c1-6(2)9(11)10(16)13-5-8(15)12-4-7(3)14/h6-7,9,14H,4-5,11H2,1-3H3,(H,12,15)(H,13,16)/t7-,9-/m0/s1. The van der Waals surface area contributed by atoms with Gasteiger partial charge in [-0.15, -0.1) is 0 Å². The van der Waals surface area contributed by atoms with Gasteiger partial charge in [0.15, 0.2) is 0 Å². The number of carbonyl (C=O) groups excluding carboxylic acids is 2. The van der Waals surface area contributed by atoms with E-state index < -0.39 is 12.1 Å². The van der Waals surface area contributed by atoms with Crippen LogP contribution in [0.25, 0.3) is 0 Å². The summed E-state index contributed by atoms with van der Waals surface area (Å²) in [6, 6.07) is -0.607. The Morgan fingerprint density at radius 2 is 1.81 bits per heavy atom. The topological polar surface area (TPSA) is 104 Å². The van der Waals surface area contributed by atoms with Crippen LogP contribution in [0.5, 0.6) is 0 Å². The number of hydrogen-bond acceptors (Lipinski definition) is 4. The van der Waals surface area contributed by atoms with E-state index in [0.717, 1.165) is 0 Å². The van der Waals surface area contributed by atoms with Crippen LogP contribution in [-0.4, -0.2) is 42.2 Å². The van der Waals surface area contributed by atoms with Crippen molar-refractivity contribution in [3.63, 3.8) is 0 Å². The van der Waals surface area contributed by atoms with E-state index >= 15 is 0 Å². The second-order valence-corrected chi connectivity index (χ2v) is 4.14. The van der Waals surface area contributed by atoms with Crippen LogP contribution in [0, 0.1) is 5.92 Å². The number of nitrogens with one attached hydrogen (secondary N) is 2. The van der Waals surface area contributed by atoms with Crippen LogP contribution in [0.3, 0.4) is 0 Å². The number of aliphatic hydroxyl groups excluding tert-OH is 1. The normalized spacial score (nSPS) is 14.4. The summed E-state index contributed by atoms with van der Waals surface area (Å²) < 4.78 is 0. The summed E-state index contributed by atoms with van der Waals surface area (Å²) in [5.41, 5.74) is 5.58. The van der Waals surface area contributed by atoms with Gasteiger partial charge in [-0.25, -0.2) is 0 Å². The molecule has 0 rings (SSSR count). The van der Waals surface area contributed by atoms with Crippen LogP contribution < -0.4 is 16.4 Å². The van der Waals surface area contributed by atoms with E-state index in [4.69, 9.17) is 10.8 Å². The first kappa shape index (κ1) is 14.9. The van der Waals surface area contributed by atoms with Crippen LogP contribution in [0.2, 0.25) is 0 Å². The van der Waals surface area contributed by atoms with Crippen molar-refractivity contribution in [2.75, 3.05) is 13.1 Å². The van der Waals surface area contributed by atoms with Crippen LogP contribution in [0.4, 0.5) is 0 Å². The molecule has 6 nitrogen and oxygen atoms in total. The Kier molecular flexibility index (Phi) is 6.67. The lowest BCUT2D eigenvalue weighted by Crippen LogP contribution is -2.47. The molecule has 0 aromatic carbocycles. The molecule has 0 fully saturated rings. The third-order valence-electron chi connectivity index (χ3n) is 2.04. The van der Waals surface area contributed by atoms with Gasteiger partial charge >= 0.3 is 0 Å². The predicted octanol–water partition coefficient (Wildman–Crippen LogP) is -1.42. The Morgan fingerprint density at radius 1 is 1.25 bits per heavy atom. The van der Waals surface area contributed by atoms with Gasteiger partial charge in [-0.05, 0) is 12.8 Å². The summed E-state index contributed by atoms with van der Waals surface area (Å²) in [4.78, 5) is 22.5. The van der Waals surface area contributed by atoms with Crippen molar-refractivity contribution in [1.29, 1.82) is 0 Å². The van der Waals surface area contributed by atoms with E-state index in [1.807, 2.05) is 13.8 Å². The average Bonchev–Trinajstić information content (AvgIpc) is 2.21. The molecule has 0 saturated heterocycles. The number of nitrogens with two attached hydrogens (primary N) is 1. The Balaban J connectivity index is 3.79. The van der Waals surface area contributed by atoms with Crippen molar-refractivity contribution in [2.45, 2.75) is 32.9 Å².